The minimum Gasteiger partial charge on any atom is -0.493 e. The molecule has 0 fully saturated rings. The largest absolute Gasteiger partial charge is 0.493 e. The van der Waals surface area contributed by atoms with Gasteiger partial charge in [-0.2, -0.15) is 0 Å². The van der Waals surface area contributed by atoms with Crippen LogP contribution in [0, 0.1) is 4.78 Å². The molecule has 2 aromatic carbocycles. The van der Waals surface area contributed by atoms with Gasteiger partial charge in [0.05, 0.1) is 29.5 Å². The molecule has 0 radical (unpaired) electrons. The van der Waals surface area contributed by atoms with E-state index in [1.54, 1.807) is 56.8 Å². The Hall–Kier alpha value is -2.80. The molecule has 0 saturated heterocycles. The highest BCUT2D eigenvalue weighted by Gasteiger charge is 2.11. The first-order valence-electron chi connectivity index (χ1n) is 7.45. The Labute approximate surface area is 146 Å². The minimum atomic E-state index is -2.74. The van der Waals surface area contributed by atoms with Crippen LogP contribution >= 0.6 is 0 Å². The average molecular weight is 358 g/mol. The first-order valence-corrected chi connectivity index (χ1v) is 9.41. The summed E-state index contributed by atoms with van der Waals surface area (Å²) in [4.78, 5) is 4.80. The first kappa shape index (κ1) is 17.0. The number of nitrogens with one attached hydrogen (secondary N) is 1. The molecule has 1 aromatic heterocycles. The van der Waals surface area contributed by atoms with Crippen LogP contribution in [-0.2, 0) is 9.73 Å². The van der Waals surface area contributed by atoms with Crippen molar-refractivity contribution in [2.75, 3.05) is 20.5 Å². The lowest BCUT2D eigenvalue weighted by Gasteiger charge is -2.12. The number of rotatable bonds is 5. The number of hydrogen-bond acceptors (Lipinski definition) is 6. The molecule has 130 valence electrons. The summed E-state index contributed by atoms with van der Waals surface area (Å²) in [5, 5.41) is 0.781. The fourth-order valence-corrected chi connectivity index (χ4v) is 3.09. The second-order valence-corrected chi connectivity index (χ2v) is 7.61. The van der Waals surface area contributed by atoms with E-state index in [2.05, 4.69) is 4.98 Å². The molecular weight excluding hydrogens is 340 g/mol. The van der Waals surface area contributed by atoms with Gasteiger partial charge in [-0.05, 0) is 36.4 Å². The Morgan fingerprint density at radius 3 is 2.20 bits per heavy atom. The van der Waals surface area contributed by atoms with Gasteiger partial charge in [0.15, 0.2) is 11.5 Å². The van der Waals surface area contributed by atoms with E-state index in [0.717, 1.165) is 10.9 Å². The van der Waals surface area contributed by atoms with Gasteiger partial charge >= 0.3 is 0 Å². The van der Waals surface area contributed by atoms with E-state index in [9.17, 15) is 4.21 Å². The molecule has 0 saturated carbocycles. The molecule has 1 N–H and O–H groups in total. The molecule has 7 heteroatoms. The summed E-state index contributed by atoms with van der Waals surface area (Å²) >= 11 is 0. The minimum absolute atomic E-state index is 0.464. The van der Waals surface area contributed by atoms with E-state index in [0.29, 0.717) is 27.9 Å². The third kappa shape index (κ3) is 3.51. The smallest absolute Gasteiger partial charge is 0.162 e. The van der Waals surface area contributed by atoms with Crippen molar-refractivity contribution in [2.24, 2.45) is 0 Å². The Bertz CT molecular complexity index is 1020. The number of fused-ring (bicyclic) bond motifs is 1. The standard InChI is InChI=1S/C18H18N2O4S/c1-22-17-10-14-15(11-18(17)23-2)20-9-8-16(14)24-12-4-6-13(7-5-12)25(3,19)21/h4-11,19H,1-3H3/t25-/m0/s1. The molecule has 3 aromatic rings. The van der Waals surface area contributed by atoms with Crippen LogP contribution in [0.5, 0.6) is 23.0 Å². The van der Waals surface area contributed by atoms with Crippen molar-refractivity contribution in [3.05, 3.63) is 48.7 Å². The summed E-state index contributed by atoms with van der Waals surface area (Å²) in [6.07, 6.45) is 3.04. The van der Waals surface area contributed by atoms with Gasteiger partial charge in [-0.25, -0.2) is 8.99 Å². The molecule has 0 unspecified atom stereocenters. The summed E-state index contributed by atoms with van der Waals surface area (Å²) in [5.41, 5.74) is 0.717. The molecule has 0 amide bonds. The first-order chi connectivity index (χ1) is 11.9. The Morgan fingerprint density at radius 1 is 0.960 bits per heavy atom. The molecule has 25 heavy (non-hydrogen) atoms. The molecule has 3 rings (SSSR count). The Kier molecular flexibility index (Phi) is 4.50. The molecule has 1 atom stereocenters. The van der Waals surface area contributed by atoms with Gasteiger partial charge in [0.2, 0.25) is 0 Å². The molecule has 1 heterocycles. The lowest BCUT2D eigenvalue weighted by atomic mass is 10.2. The maximum Gasteiger partial charge on any atom is 0.162 e. The SMILES string of the molecule is COc1cc2nccc(Oc3ccc([S@@](C)(=N)=O)cc3)c2cc1OC. The average Bonchev–Trinajstić information content (AvgIpc) is 2.60. The molecule has 0 spiro atoms. The lowest BCUT2D eigenvalue weighted by molar-refractivity contribution is 0.355. The highest BCUT2D eigenvalue weighted by atomic mass is 32.2. The predicted octanol–water partition coefficient (Wildman–Crippen LogP) is 4.08. The maximum absolute atomic E-state index is 11.8. The topological polar surface area (TPSA) is 81.5 Å². The third-order valence-electron chi connectivity index (χ3n) is 3.71. The van der Waals surface area contributed by atoms with E-state index in [4.69, 9.17) is 19.0 Å². The summed E-state index contributed by atoms with van der Waals surface area (Å²) in [6, 6.07) is 12.0. The van der Waals surface area contributed by atoms with Crippen molar-refractivity contribution in [2.45, 2.75) is 4.90 Å². The molecule has 0 bridgehead atoms. The number of methoxy groups -OCH3 is 2. The molecule has 0 aliphatic heterocycles. The van der Waals surface area contributed by atoms with Crippen molar-refractivity contribution < 1.29 is 18.4 Å². The van der Waals surface area contributed by atoms with Gasteiger partial charge in [0.25, 0.3) is 0 Å². The lowest BCUT2D eigenvalue weighted by Crippen LogP contribution is -1.95. The highest BCUT2D eigenvalue weighted by Crippen LogP contribution is 2.36. The quantitative estimate of drug-likeness (QED) is 0.743. The fraction of sp³-hybridized carbons (Fsp3) is 0.167. The van der Waals surface area contributed by atoms with Crippen molar-refractivity contribution in [1.29, 1.82) is 4.78 Å². The van der Waals surface area contributed by atoms with E-state index in [1.807, 2.05) is 6.07 Å². The zero-order valence-corrected chi connectivity index (χ0v) is 14.9. The van der Waals surface area contributed by atoms with Crippen LogP contribution in [0.1, 0.15) is 0 Å². The molecule has 6 nitrogen and oxygen atoms in total. The number of benzene rings is 2. The molecule has 0 aliphatic carbocycles. The van der Waals surface area contributed by atoms with E-state index in [1.165, 1.54) is 6.26 Å². The van der Waals surface area contributed by atoms with Gasteiger partial charge in [-0.3, -0.25) is 4.98 Å². The maximum atomic E-state index is 11.8. The summed E-state index contributed by atoms with van der Waals surface area (Å²) in [5.74, 6) is 2.37. The van der Waals surface area contributed by atoms with Gasteiger partial charge < -0.3 is 14.2 Å². The Morgan fingerprint density at radius 2 is 1.60 bits per heavy atom. The number of pyridine rings is 1. The van der Waals surface area contributed by atoms with Crippen LogP contribution in [-0.4, -0.2) is 29.7 Å². The zero-order chi connectivity index (χ0) is 18.0. The van der Waals surface area contributed by atoms with Gasteiger partial charge in [0.1, 0.15) is 11.5 Å². The van der Waals surface area contributed by atoms with Crippen LogP contribution in [0.25, 0.3) is 10.9 Å². The number of nitrogens with zero attached hydrogens (tertiary/aromatic N) is 1. The Balaban J connectivity index is 2.01. The van der Waals surface area contributed by atoms with Gasteiger partial charge in [-0.1, -0.05) is 0 Å². The second kappa shape index (κ2) is 6.60. The van der Waals surface area contributed by atoms with Crippen LogP contribution in [0.3, 0.4) is 0 Å². The van der Waals surface area contributed by atoms with Crippen molar-refractivity contribution in [3.63, 3.8) is 0 Å². The zero-order valence-electron chi connectivity index (χ0n) is 14.1. The van der Waals surface area contributed by atoms with Crippen molar-refractivity contribution in [1.82, 2.24) is 4.98 Å². The van der Waals surface area contributed by atoms with Crippen LogP contribution in [0.4, 0.5) is 0 Å². The monoisotopic (exact) mass is 358 g/mol. The van der Waals surface area contributed by atoms with Crippen molar-refractivity contribution >= 4 is 20.6 Å². The highest BCUT2D eigenvalue weighted by molar-refractivity contribution is 7.91. The summed E-state index contributed by atoms with van der Waals surface area (Å²) in [6.45, 7) is 0. The normalized spacial score (nSPS) is 13.2. The number of aromatic nitrogens is 1. The van der Waals surface area contributed by atoms with Crippen molar-refractivity contribution in [3.8, 4) is 23.0 Å². The third-order valence-corrected chi connectivity index (χ3v) is 4.88. The van der Waals surface area contributed by atoms with Gasteiger partial charge in [-0.15, -0.1) is 0 Å². The van der Waals surface area contributed by atoms with Crippen LogP contribution in [0.2, 0.25) is 0 Å². The van der Waals surface area contributed by atoms with E-state index < -0.39 is 9.73 Å². The van der Waals surface area contributed by atoms with E-state index >= 15 is 0 Å². The predicted molar refractivity (Wildman–Crippen MR) is 96.4 cm³/mol. The van der Waals surface area contributed by atoms with Crippen LogP contribution < -0.4 is 14.2 Å². The second-order valence-electron chi connectivity index (χ2n) is 5.45. The molecular formula is C18H18N2O4S. The summed E-state index contributed by atoms with van der Waals surface area (Å²) < 4.78 is 35.9. The summed E-state index contributed by atoms with van der Waals surface area (Å²) in [7, 11) is 0.405. The van der Waals surface area contributed by atoms with E-state index in [-0.39, 0.29) is 0 Å². The van der Waals surface area contributed by atoms with Crippen LogP contribution in [0.15, 0.2) is 53.6 Å². The fourth-order valence-electron chi connectivity index (χ4n) is 2.43. The molecule has 0 aliphatic rings. The number of hydrogen-bond donors (Lipinski definition) is 1. The number of ether oxygens (including phenoxy) is 3. The van der Waals surface area contributed by atoms with Gasteiger partial charge in [0, 0.05) is 28.8 Å².